The van der Waals surface area contributed by atoms with Crippen molar-refractivity contribution < 1.29 is 9.59 Å². The summed E-state index contributed by atoms with van der Waals surface area (Å²) in [5, 5.41) is 0. The van der Waals surface area contributed by atoms with Crippen molar-refractivity contribution in [3.63, 3.8) is 0 Å². The Morgan fingerprint density at radius 2 is 2.15 bits per heavy atom. The van der Waals surface area contributed by atoms with Crippen molar-refractivity contribution in [1.82, 2.24) is 3.93 Å². The Balaban J connectivity index is 2.52. The second-order valence-electron chi connectivity index (χ2n) is 2.91. The van der Waals surface area contributed by atoms with E-state index in [0.717, 1.165) is 3.93 Å². The van der Waals surface area contributed by atoms with Crippen molar-refractivity contribution in [1.29, 1.82) is 0 Å². The van der Waals surface area contributed by atoms with E-state index in [4.69, 9.17) is 11.6 Å². The number of amides is 2. The number of hydrogen-bond donors (Lipinski definition) is 0. The van der Waals surface area contributed by atoms with Crippen LogP contribution in [0.25, 0.3) is 0 Å². The van der Waals surface area contributed by atoms with Crippen molar-refractivity contribution in [3.8, 4) is 0 Å². The molecule has 2 atom stereocenters. The highest BCUT2D eigenvalue weighted by atomic mass is 79.9. The van der Waals surface area contributed by atoms with Crippen LogP contribution in [-0.2, 0) is 9.59 Å². The molecule has 0 aromatic heterocycles. The molecule has 1 saturated heterocycles. The maximum Gasteiger partial charge on any atom is 0.265 e. The molecule has 1 heterocycles. The van der Waals surface area contributed by atoms with Crippen LogP contribution in [0.5, 0.6) is 0 Å². The summed E-state index contributed by atoms with van der Waals surface area (Å²) in [5.41, 5.74) is 0. The monoisotopic (exact) mass is 261 g/mol. The molecule has 0 N–H and O–H groups in total. The minimum atomic E-state index is -1.21. The Bertz CT molecular complexity index is 352. The molecule has 0 spiro atoms. The topological polar surface area (TPSA) is 37.4 Å². The largest absolute Gasteiger partial charge is 0.273 e. The number of allylic oxidation sites excluding steroid dienone is 2. The lowest BCUT2D eigenvalue weighted by Gasteiger charge is -2.19. The second kappa shape index (κ2) is 2.69. The van der Waals surface area contributed by atoms with E-state index in [-0.39, 0.29) is 5.91 Å². The lowest BCUT2D eigenvalue weighted by atomic mass is 9.90. The van der Waals surface area contributed by atoms with Gasteiger partial charge >= 0.3 is 0 Å². The Labute approximate surface area is 88.4 Å². The van der Waals surface area contributed by atoms with Gasteiger partial charge in [-0.25, -0.2) is 3.93 Å². The lowest BCUT2D eigenvalue weighted by Crippen LogP contribution is -2.34. The highest BCUT2D eigenvalue weighted by Gasteiger charge is 2.56. The fraction of sp³-hybridized carbons (Fsp3) is 0.250. The van der Waals surface area contributed by atoms with Crippen LogP contribution in [0.1, 0.15) is 0 Å². The Hall–Kier alpha value is -0.610. The molecule has 2 aliphatic rings. The molecule has 0 aromatic carbocycles. The predicted molar refractivity (Wildman–Crippen MR) is 51.1 cm³/mol. The molecule has 2 rings (SSSR count). The van der Waals surface area contributed by atoms with Gasteiger partial charge in [0.1, 0.15) is 0 Å². The molecule has 1 aliphatic carbocycles. The van der Waals surface area contributed by atoms with Gasteiger partial charge in [-0.15, -0.1) is 11.6 Å². The molecule has 2 unspecified atom stereocenters. The van der Waals surface area contributed by atoms with E-state index in [1.54, 1.807) is 24.3 Å². The zero-order valence-electron chi connectivity index (χ0n) is 6.41. The normalized spacial score (nSPS) is 37.1. The molecule has 1 fully saturated rings. The minimum Gasteiger partial charge on any atom is -0.273 e. The Kier molecular flexibility index (Phi) is 1.85. The van der Waals surface area contributed by atoms with E-state index in [1.807, 2.05) is 0 Å². The van der Waals surface area contributed by atoms with Gasteiger partial charge in [-0.05, 0) is 0 Å². The quantitative estimate of drug-likeness (QED) is 0.376. The van der Waals surface area contributed by atoms with Gasteiger partial charge in [0.25, 0.3) is 5.91 Å². The third-order valence-corrected chi connectivity index (χ3v) is 3.37. The van der Waals surface area contributed by atoms with Gasteiger partial charge in [0.15, 0.2) is 4.87 Å². The summed E-state index contributed by atoms with van der Waals surface area (Å²) < 4.78 is 0.894. The first kappa shape index (κ1) is 8.97. The molecule has 1 aliphatic heterocycles. The van der Waals surface area contributed by atoms with Crippen molar-refractivity contribution in [2.75, 3.05) is 0 Å². The van der Waals surface area contributed by atoms with Crippen LogP contribution in [0.4, 0.5) is 0 Å². The second-order valence-corrected chi connectivity index (χ2v) is 4.25. The summed E-state index contributed by atoms with van der Waals surface area (Å²) in [6.07, 6.45) is 6.55. The van der Waals surface area contributed by atoms with Gasteiger partial charge < -0.3 is 0 Å². The molecular formula is C8H5BrClNO2. The highest BCUT2D eigenvalue weighted by Crippen LogP contribution is 2.41. The maximum atomic E-state index is 11.5. The summed E-state index contributed by atoms with van der Waals surface area (Å²) in [6, 6.07) is 0. The van der Waals surface area contributed by atoms with Crippen molar-refractivity contribution in [2.24, 2.45) is 5.92 Å². The van der Waals surface area contributed by atoms with E-state index >= 15 is 0 Å². The average Bonchev–Trinajstić information content (AvgIpc) is 2.29. The number of nitrogens with zero attached hydrogens (tertiary/aromatic N) is 1. The van der Waals surface area contributed by atoms with Crippen molar-refractivity contribution in [3.05, 3.63) is 24.3 Å². The molecule has 0 aromatic rings. The number of imide groups is 1. The van der Waals surface area contributed by atoms with Crippen LogP contribution in [-0.4, -0.2) is 20.6 Å². The molecule has 3 nitrogen and oxygen atoms in total. The van der Waals surface area contributed by atoms with Crippen LogP contribution in [0, 0.1) is 5.92 Å². The average molecular weight is 262 g/mol. The SMILES string of the molecule is O=C1C2C=CC=CC2(Cl)C(=O)N1Br. The van der Waals surface area contributed by atoms with Gasteiger partial charge in [0.05, 0.1) is 22.1 Å². The summed E-state index contributed by atoms with van der Waals surface area (Å²) in [6.45, 7) is 0. The van der Waals surface area contributed by atoms with E-state index < -0.39 is 16.7 Å². The standard InChI is InChI=1S/C8H5BrClNO2/c9-11-6(12)5-3-1-2-4-8(5,10)7(11)13/h1-5H. The minimum absolute atomic E-state index is 0.319. The van der Waals surface area contributed by atoms with Crippen LogP contribution < -0.4 is 0 Å². The molecule has 13 heavy (non-hydrogen) atoms. The lowest BCUT2D eigenvalue weighted by molar-refractivity contribution is -0.132. The molecule has 68 valence electrons. The predicted octanol–water partition coefficient (Wildman–Crippen LogP) is 1.38. The first-order chi connectivity index (χ1) is 6.07. The van der Waals surface area contributed by atoms with E-state index in [0.29, 0.717) is 0 Å². The molecule has 2 amide bonds. The molecule has 0 saturated carbocycles. The molecular weight excluding hydrogens is 257 g/mol. The molecule has 0 radical (unpaired) electrons. The van der Waals surface area contributed by atoms with E-state index in [1.165, 1.54) is 0 Å². The number of halogens is 2. The van der Waals surface area contributed by atoms with Crippen molar-refractivity contribution >= 4 is 39.6 Å². The van der Waals surface area contributed by atoms with Crippen LogP contribution >= 0.6 is 27.7 Å². The van der Waals surface area contributed by atoms with Gasteiger partial charge in [-0.3, -0.25) is 9.59 Å². The number of rotatable bonds is 0. The fourth-order valence-electron chi connectivity index (χ4n) is 1.45. The van der Waals surface area contributed by atoms with Gasteiger partial charge in [0, 0.05) is 0 Å². The summed E-state index contributed by atoms with van der Waals surface area (Å²) >= 11 is 8.91. The maximum absolute atomic E-state index is 11.5. The van der Waals surface area contributed by atoms with Crippen molar-refractivity contribution in [2.45, 2.75) is 4.87 Å². The number of fused-ring (bicyclic) bond motifs is 1. The molecule has 5 heteroatoms. The zero-order chi connectivity index (χ0) is 9.64. The Morgan fingerprint density at radius 1 is 1.46 bits per heavy atom. The fourth-order valence-corrected chi connectivity index (χ4v) is 2.39. The first-order valence-corrected chi connectivity index (χ1v) is 4.75. The Morgan fingerprint density at radius 3 is 2.77 bits per heavy atom. The summed E-state index contributed by atoms with van der Waals surface area (Å²) in [4.78, 5) is 21.7. The van der Waals surface area contributed by atoms with E-state index in [9.17, 15) is 9.59 Å². The van der Waals surface area contributed by atoms with Gasteiger partial charge in [-0.2, -0.15) is 0 Å². The first-order valence-electron chi connectivity index (χ1n) is 3.66. The van der Waals surface area contributed by atoms with E-state index in [2.05, 4.69) is 16.1 Å². The number of hydrogen-bond acceptors (Lipinski definition) is 2. The highest BCUT2D eigenvalue weighted by molar-refractivity contribution is 9.08. The van der Waals surface area contributed by atoms with Gasteiger partial charge in [-0.1, -0.05) is 24.3 Å². The summed E-state index contributed by atoms with van der Waals surface area (Å²) in [7, 11) is 0. The van der Waals surface area contributed by atoms with Crippen LogP contribution in [0.2, 0.25) is 0 Å². The third kappa shape index (κ3) is 1.02. The van der Waals surface area contributed by atoms with Gasteiger partial charge in [0.2, 0.25) is 5.91 Å². The smallest absolute Gasteiger partial charge is 0.265 e. The number of carbonyl (C=O) groups excluding carboxylic acids is 2. The van der Waals surface area contributed by atoms with Crippen LogP contribution in [0.3, 0.4) is 0 Å². The number of carbonyl (C=O) groups is 2. The summed E-state index contributed by atoms with van der Waals surface area (Å²) in [5.74, 6) is -1.32. The number of alkyl halides is 1. The van der Waals surface area contributed by atoms with Crippen LogP contribution in [0.15, 0.2) is 24.3 Å². The zero-order valence-corrected chi connectivity index (χ0v) is 8.75. The third-order valence-electron chi connectivity index (χ3n) is 2.17. The molecule has 0 bridgehead atoms.